The van der Waals surface area contributed by atoms with Gasteiger partial charge >= 0.3 is 0 Å². The molecule has 1 rings (SSSR count). The Labute approximate surface area is 93.2 Å². The lowest BCUT2D eigenvalue weighted by Crippen LogP contribution is -2.50. The summed E-state index contributed by atoms with van der Waals surface area (Å²) in [6.07, 6.45) is 0. The van der Waals surface area contributed by atoms with Gasteiger partial charge in [0.2, 0.25) is 0 Å². The summed E-state index contributed by atoms with van der Waals surface area (Å²) in [6, 6.07) is 0. The molecule has 0 unspecified atom stereocenters. The molecule has 0 aromatic carbocycles. The minimum absolute atomic E-state index is 0.0370. The molecule has 14 heavy (non-hydrogen) atoms. The molecule has 0 radical (unpaired) electrons. The third kappa shape index (κ3) is 2.41. The van der Waals surface area contributed by atoms with E-state index in [4.69, 9.17) is 11.6 Å². The molecule has 0 N–H and O–H groups in total. The van der Waals surface area contributed by atoms with Crippen LogP contribution in [0.1, 0.15) is 41.5 Å². The zero-order valence-corrected chi connectivity index (χ0v) is 11.0. The third-order valence-electron chi connectivity index (χ3n) is 2.82. The van der Waals surface area contributed by atoms with Crippen LogP contribution in [0.4, 0.5) is 0 Å². The van der Waals surface area contributed by atoms with Gasteiger partial charge in [0.25, 0.3) is 0 Å². The number of hydrogen-bond donors (Lipinski definition) is 0. The van der Waals surface area contributed by atoms with Crippen LogP contribution in [0.2, 0.25) is 0 Å². The fourth-order valence-corrected chi connectivity index (χ4v) is 2.69. The van der Waals surface area contributed by atoms with Gasteiger partial charge in [-0.3, -0.25) is 9.80 Å². The standard InChI is InChI=1S/C11H23ClN2/c1-10(2,3)13-7-8-14(9(13)12)11(4,5)6/h9H,7-8H2,1-6H3. The summed E-state index contributed by atoms with van der Waals surface area (Å²) in [7, 11) is 0. The number of rotatable bonds is 0. The first-order chi connectivity index (χ1) is 6.14. The molecule has 1 aliphatic heterocycles. The van der Waals surface area contributed by atoms with Gasteiger partial charge in [-0.2, -0.15) is 0 Å². The van der Waals surface area contributed by atoms with Gasteiger partial charge in [-0.1, -0.05) is 11.6 Å². The van der Waals surface area contributed by atoms with E-state index in [0.29, 0.717) is 0 Å². The maximum Gasteiger partial charge on any atom is 0.141 e. The lowest BCUT2D eigenvalue weighted by atomic mass is 10.1. The van der Waals surface area contributed by atoms with Gasteiger partial charge in [-0.25, -0.2) is 0 Å². The molecule has 1 fully saturated rings. The van der Waals surface area contributed by atoms with Crippen molar-refractivity contribution in [3.63, 3.8) is 0 Å². The Morgan fingerprint density at radius 3 is 1.29 bits per heavy atom. The average molecular weight is 219 g/mol. The minimum Gasteiger partial charge on any atom is -0.269 e. The molecule has 1 saturated heterocycles. The largest absolute Gasteiger partial charge is 0.269 e. The molecule has 0 aliphatic carbocycles. The smallest absolute Gasteiger partial charge is 0.141 e. The van der Waals surface area contributed by atoms with Crippen molar-refractivity contribution in [1.82, 2.24) is 9.80 Å². The molecule has 0 aromatic rings. The van der Waals surface area contributed by atoms with E-state index in [1.54, 1.807) is 0 Å². The van der Waals surface area contributed by atoms with Crippen molar-refractivity contribution in [2.24, 2.45) is 0 Å². The Kier molecular flexibility index (Phi) is 3.21. The van der Waals surface area contributed by atoms with E-state index in [2.05, 4.69) is 51.3 Å². The third-order valence-corrected chi connectivity index (χ3v) is 3.29. The summed E-state index contributed by atoms with van der Waals surface area (Å²) in [5.41, 5.74) is 0.355. The van der Waals surface area contributed by atoms with E-state index in [0.717, 1.165) is 13.1 Å². The molecule has 2 nitrogen and oxygen atoms in total. The molecule has 84 valence electrons. The van der Waals surface area contributed by atoms with Crippen LogP contribution in [0.15, 0.2) is 0 Å². The summed E-state index contributed by atoms with van der Waals surface area (Å²) < 4.78 is 0. The minimum atomic E-state index is 0.0370. The highest BCUT2D eigenvalue weighted by Gasteiger charge is 2.41. The topological polar surface area (TPSA) is 6.48 Å². The molecular weight excluding hydrogens is 196 g/mol. The van der Waals surface area contributed by atoms with Crippen molar-refractivity contribution >= 4 is 11.6 Å². The van der Waals surface area contributed by atoms with Gasteiger partial charge in [0.15, 0.2) is 0 Å². The molecule has 0 amide bonds. The van der Waals surface area contributed by atoms with Crippen LogP contribution in [-0.2, 0) is 0 Å². The second-order valence-electron chi connectivity index (χ2n) is 6.04. The van der Waals surface area contributed by atoms with Gasteiger partial charge in [-0.05, 0) is 41.5 Å². The Hall–Kier alpha value is 0.210. The van der Waals surface area contributed by atoms with Crippen molar-refractivity contribution in [3.8, 4) is 0 Å². The average Bonchev–Trinajstić information content (AvgIpc) is 2.26. The predicted octanol–water partition coefficient (Wildman–Crippen LogP) is 2.72. The van der Waals surface area contributed by atoms with Crippen molar-refractivity contribution in [3.05, 3.63) is 0 Å². The number of hydrogen-bond acceptors (Lipinski definition) is 2. The Morgan fingerprint density at radius 2 is 1.14 bits per heavy atom. The van der Waals surface area contributed by atoms with Crippen LogP contribution in [0, 0.1) is 0 Å². The highest BCUT2D eigenvalue weighted by atomic mass is 35.5. The molecule has 1 aliphatic rings. The van der Waals surface area contributed by atoms with Gasteiger partial charge in [-0.15, -0.1) is 0 Å². The summed E-state index contributed by atoms with van der Waals surface area (Å²) in [5.74, 6) is 0. The zero-order valence-electron chi connectivity index (χ0n) is 10.3. The first-order valence-electron chi connectivity index (χ1n) is 5.31. The molecule has 0 saturated carbocycles. The second kappa shape index (κ2) is 3.66. The van der Waals surface area contributed by atoms with Gasteiger partial charge in [0, 0.05) is 24.2 Å². The maximum absolute atomic E-state index is 6.47. The molecular formula is C11H23ClN2. The summed E-state index contributed by atoms with van der Waals surface area (Å²) in [4.78, 5) is 4.69. The lowest BCUT2D eigenvalue weighted by Gasteiger charge is -2.39. The van der Waals surface area contributed by atoms with E-state index < -0.39 is 0 Å². The number of nitrogens with zero attached hydrogens (tertiary/aromatic N) is 2. The summed E-state index contributed by atoms with van der Waals surface area (Å²) in [6.45, 7) is 15.4. The van der Waals surface area contributed by atoms with Crippen LogP contribution in [0.5, 0.6) is 0 Å². The van der Waals surface area contributed by atoms with Gasteiger partial charge in [0.05, 0.1) is 0 Å². The van der Waals surface area contributed by atoms with Crippen LogP contribution in [-0.4, -0.2) is 39.6 Å². The Morgan fingerprint density at radius 1 is 0.857 bits per heavy atom. The summed E-state index contributed by atoms with van der Waals surface area (Å²) >= 11 is 6.47. The fourth-order valence-electron chi connectivity index (χ4n) is 1.91. The fraction of sp³-hybridized carbons (Fsp3) is 1.00. The quantitative estimate of drug-likeness (QED) is 0.456. The molecule has 1 heterocycles. The van der Waals surface area contributed by atoms with Gasteiger partial charge < -0.3 is 0 Å². The monoisotopic (exact) mass is 218 g/mol. The molecule has 0 bridgehead atoms. The van der Waals surface area contributed by atoms with Crippen molar-refractivity contribution in [1.29, 1.82) is 0 Å². The van der Waals surface area contributed by atoms with E-state index in [9.17, 15) is 0 Å². The Bertz CT molecular complexity index is 180. The van der Waals surface area contributed by atoms with E-state index in [1.165, 1.54) is 0 Å². The first-order valence-corrected chi connectivity index (χ1v) is 5.75. The van der Waals surface area contributed by atoms with Crippen LogP contribution in [0.25, 0.3) is 0 Å². The summed E-state index contributed by atoms with van der Waals surface area (Å²) in [5, 5.41) is 0. The maximum atomic E-state index is 6.47. The predicted molar refractivity (Wildman–Crippen MR) is 62.6 cm³/mol. The molecule has 0 spiro atoms. The van der Waals surface area contributed by atoms with Crippen LogP contribution < -0.4 is 0 Å². The van der Waals surface area contributed by atoms with Gasteiger partial charge in [0.1, 0.15) is 5.62 Å². The van der Waals surface area contributed by atoms with Crippen molar-refractivity contribution in [2.45, 2.75) is 58.2 Å². The van der Waals surface area contributed by atoms with Crippen molar-refractivity contribution in [2.75, 3.05) is 13.1 Å². The van der Waals surface area contributed by atoms with Crippen LogP contribution in [0.3, 0.4) is 0 Å². The van der Waals surface area contributed by atoms with Crippen LogP contribution >= 0.6 is 11.6 Å². The number of alkyl halides is 1. The van der Waals surface area contributed by atoms with E-state index >= 15 is 0 Å². The van der Waals surface area contributed by atoms with E-state index in [1.807, 2.05) is 0 Å². The SMILES string of the molecule is CC(C)(C)N1CCN(C(C)(C)C)C1Cl. The molecule has 3 heteroatoms. The normalized spacial score (nSPS) is 23.4. The first kappa shape index (κ1) is 12.3. The number of halogens is 1. The molecule has 0 atom stereocenters. The zero-order chi connectivity index (χ0) is 11.1. The highest BCUT2D eigenvalue weighted by Crippen LogP contribution is 2.31. The van der Waals surface area contributed by atoms with Crippen molar-refractivity contribution < 1.29 is 0 Å². The molecule has 0 aromatic heterocycles. The highest BCUT2D eigenvalue weighted by molar-refractivity contribution is 6.20. The Balaban J connectivity index is 2.75. The van der Waals surface area contributed by atoms with E-state index in [-0.39, 0.29) is 16.7 Å². The second-order valence-corrected chi connectivity index (χ2v) is 6.43. The lowest BCUT2D eigenvalue weighted by molar-refractivity contribution is 0.0684.